The molecule has 2 heterocycles. The van der Waals surface area contributed by atoms with E-state index in [2.05, 4.69) is 28.7 Å². The van der Waals surface area contributed by atoms with Gasteiger partial charge in [0.15, 0.2) is 11.8 Å². The monoisotopic (exact) mass is 381 g/mol. The van der Waals surface area contributed by atoms with Crippen LogP contribution in [0.3, 0.4) is 0 Å². The second-order valence-electron chi connectivity index (χ2n) is 6.87. The zero-order valence-electron chi connectivity index (χ0n) is 16.3. The van der Waals surface area contributed by atoms with Crippen molar-refractivity contribution >= 4 is 29.2 Å². The molecule has 7 heteroatoms. The smallest absolute Gasteiger partial charge is 0.308 e. The molecule has 0 aliphatic carbocycles. The van der Waals surface area contributed by atoms with Gasteiger partial charge in [-0.05, 0) is 52.6 Å². The molecular formula is C19H31N3O3S. The Morgan fingerprint density at radius 3 is 2.96 bits per heavy atom. The molecule has 2 aliphatic rings. The minimum absolute atomic E-state index is 0.0291. The SMILES string of the molecule is CC/C(C)=C\N=C(/C)SC1OC=NC1CN1CCCC(C(=O)OC)CC1. The fourth-order valence-corrected chi connectivity index (χ4v) is 3.94. The van der Waals surface area contributed by atoms with Crippen molar-refractivity contribution in [3.05, 3.63) is 11.8 Å². The van der Waals surface area contributed by atoms with E-state index in [1.807, 2.05) is 13.1 Å². The average molecular weight is 382 g/mol. The van der Waals surface area contributed by atoms with Crippen molar-refractivity contribution in [1.29, 1.82) is 0 Å². The number of hydrogen-bond acceptors (Lipinski definition) is 7. The molecule has 0 N–H and O–H groups in total. The van der Waals surface area contributed by atoms with Crippen molar-refractivity contribution in [2.75, 3.05) is 26.7 Å². The van der Waals surface area contributed by atoms with Crippen LogP contribution in [-0.2, 0) is 14.3 Å². The standard InChI is InChI=1S/C19H31N3O3S/c1-5-14(2)11-20-15(3)26-19-17(21-13-25-19)12-22-9-6-7-16(8-10-22)18(23)24-4/h11,13,16-17,19H,5-10,12H2,1-4H3/b14-11-,20-15+. The van der Waals surface area contributed by atoms with Crippen LogP contribution in [0.4, 0.5) is 0 Å². The predicted molar refractivity (Wildman–Crippen MR) is 108 cm³/mol. The second-order valence-corrected chi connectivity index (χ2v) is 8.16. The summed E-state index contributed by atoms with van der Waals surface area (Å²) >= 11 is 1.63. The molecular weight excluding hydrogens is 350 g/mol. The van der Waals surface area contributed by atoms with Gasteiger partial charge in [0.05, 0.1) is 18.1 Å². The Kier molecular flexibility index (Phi) is 8.65. The minimum Gasteiger partial charge on any atom is -0.469 e. The van der Waals surface area contributed by atoms with E-state index in [0.717, 1.165) is 50.4 Å². The van der Waals surface area contributed by atoms with E-state index in [4.69, 9.17) is 9.47 Å². The molecule has 6 nitrogen and oxygen atoms in total. The third kappa shape index (κ3) is 6.43. The molecule has 0 radical (unpaired) electrons. The van der Waals surface area contributed by atoms with Gasteiger partial charge in [-0.2, -0.15) is 0 Å². The normalized spacial score (nSPS) is 27.9. The Labute approximate surface area is 161 Å². The van der Waals surface area contributed by atoms with Gasteiger partial charge in [-0.25, -0.2) is 4.99 Å². The van der Waals surface area contributed by atoms with Crippen molar-refractivity contribution in [3.63, 3.8) is 0 Å². The molecule has 0 amide bonds. The Hall–Kier alpha value is -1.34. The van der Waals surface area contributed by atoms with Gasteiger partial charge in [-0.3, -0.25) is 9.79 Å². The van der Waals surface area contributed by atoms with Crippen LogP contribution in [0.5, 0.6) is 0 Å². The summed E-state index contributed by atoms with van der Waals surface area (Å²) in [6.07, 6.45) is 7.27. The molecule has 0 aromatic rings. The van der Waals surface area contributed by atoms with Crippen LogP contribution in [0.1, 0.15) is 46.5 Å². The number of carbonyl (C=O) groups excluding carboxylic acids is 1. The highest BCUT2D eigenvalue weighted by molar-refractivity contribution is 8.14. The third-order valence-electron chi connectivity index (χ3n) is 4.87. The third-order valence-corrected chi connectivity index (χ3v) is 5.98. The van der Waals surface area contributed by atoms with E-state index in [0.29, 0.717) is 0 Å². The largest absolute Gasteiger partial charge is 0.469 e. The first-order chi connectivity index (χ1) is 12.5. The van der Waals surface area contributed by atoms with Gasteiger partial charge in [-0.1, -0.05) is 24.3 Å². The Balaban J connectivity index is 1.86. The van der Waals surface area contributed by atoms with Crippen molar-refractivity contribution in [1.82, 2.24) is 4.90 Å². The summed E-state index contributed by atoms with van der Waals surface area (Å²) in [4.78, 5) is 23.2. The lowest BCUT2D eigenvalue weighted by Gasteiger charge is -2.25. The van der Waals surface area contributed by atoms with Gasteiger partial charge < -0.3 is 14.4 Å². The minimum atomic E-state index is -0.0789. The molecule has 1 fully saturated rings. The highest BCUT2D eigenvalue weighted by atomic mass is 32.2. The number of likely N-dealkylation sites (tertiary alicyclic amines) is 1. The summed E-state index contributed by atoms with van der Waals surface area (Å²) in [6.45, 7) is 8.95. The summed E-state index contributed by atoms with van der Waals surface area (Å²) in [5.74, 6) is -0.0498. The molecule has 26 heavy (non-hydrogen) atoms. The molecule has 0 bridgehead atoms. The van der Waals surface area contributed by atoms with E-state index >= 15 is 0 Å². The maximum Gasteiger partial charge on any atom is 0.308 e. The van der Waals surface area contributed by atoms with Gasteiger partial charge in [0, 0.05) is 12.7 Å². The van der Waals surface area contributed by atoms with Gasteiger partial charge in [-0.15, -0.1) is 0 Å². The number of hydrogen-bond donors (Lipinski definition) is 0. The number of ether oxygens (including phenoxy) is 2. The first kappa shape index (κ1) is 21.0. The lowest BCUT2D eigenvalue weighted by molar-refractivity contribution is -0.145. The van der Waals surface area contributed by atoms with Crippen molar-refractivity contribution in [2.45, 2.75) is 57.9 Å². The summed E-state index contributed by atoms with van der Waals surface area (Å²) < 4.78 is 10.6. The number of methoxy groups -OCH3 is 1. The number of carbonyl (C=O) groups is 1. The van der Waals surface area contributed by atoms with E-state index in [1.165, 1.54) is 12.7 Å². The highest BCUT2D eigenvalue weighted by Gasteiger charge is 2.31. The van der Waals surface area contributed by atoms with Gasteiger partial charge >= 0.3 is 5.97 Å². The summed E-state index contributed by atoms with van der Waals surface area (Å²) in [5, 5.41) is 0.986. The van der Waals surface area contributed by atoms with Gasteiger partial charge in [0.25, 0.3) is 0 Å². The van der Waals surface area contributed by atoms with Crippen molar-refractivity contribution in [2.24, 2.45) is 15.9 Å². The number of rotatable bonds is 6. The maximum atomic E-state index is 11.8. The first-order valence-corrected chi connectivity index (χ1v) is 10.3. The number of esters is 1. The Bertz CT molecular complexity index is 562. The molecule has 0 spiro atoms. The van der Waals surface area contributed by atoms with Crippen LogP contribution >= 0.6 is 11.8 Å². The van der Waals surface area contributed by atoms with E-state index in [9.17, 15) is 4.79 Å². The maximum absolute atomic E-state index is 11.8. The van der Waals surface area contributed by atoms with Crippen molar-refractivity contribution < 1.29 is 14.3 Å². The lowest BCUT2D eigenvalue weighted by atomic mass is 10.0. The number of allylic oxidation sites excluding steroid dienone is 1. The van der Waals surface area contributed by atoms with Crippen LogP contribution in [0, 0.1) is 5.92 Å². The number of nitrogens with zero attached hydrogens (tertiary/aromatic N) is 3. The van der Waals surface area contributed by atoms with Gasteiger partial charge in [0.2, 0.25) is 0 Å². The van der Waals surface area contributed by atoms with Crippen LogP contribution in [-0.4, -0.2) is 60.5 Å². The topological polar surface area (TPSA) is 63.5 Å². The van der Waals surface area contributed by atoms with Crippen molar-refractivity contribution in [3.8, 4) is 0 Å². The quantitative estimate of drug-likeness (QED) is 0.400. The summed E-state index contributed by atoms with van der Waals surface area (Å²) in [6, 6.07) is 0.0936. The van der Waals surface area contributed by atoms with Crippen LogP contribution < -0.4 is 0 Å². The van der Waals surface area contributed by atoms with E-state index in [1.54, 1.807) is 18.2 Å². The van der Waals surface area contributed by atoms with Gasteiger partial charge in [0.1, 0.15) is 6.04 Å². The summed E-state index contributed by atoms with van der Waals surface area (Å²) in [7, 11) is 1.47. The predicted octanol–water partition coefficient (Wildman–Crippen LogP) is 3.48. The molecule has 0 aromatic heterocycles. The number of thioether (sulfide) groups is 1. The molecule has 146 valence electrons. The highest BCUT2D eigenvalue weighted by Crippen LogP contribution is 2.26. The molecule has 2 aliphatic heterocycles. The fraction of sp³-hybridized carbons (Fsp3) is 0.737. The second kappa shape index (κ2) is 10.7. The average Bonchev–Trinajstić information content (AvgIpc) is 2.93. The van der Waals surface area contributed by atoms with E-state index < -0.39 is 0 Å². The number of aliphatic imine (C=N–C) groups is 2. The Morgan fingerprint density at radius 1 is 1.42 bits per heavy atom. The molecule has 0 aromatic carbocycles. The van der Waals surface area contributed by atoms with Crippen LogP contribution in [0.2, 0.25) is 0 Å². The van der Waals surface area contributed by atoms with Crippen LogP contribution in [0.15, 0.2) is 21.8 Å². The van der Waals surface area contributed by atoms with Crippen LogP contribution in [0.25, 0.3) is 0 Å². The zero-order chi connectivity index (χ0) is 18.9. The fourth-order valence-electron chi connectivity index (χ4n) is 3.07. The molecule has 3 unspecified atom stereocenters. The Morgan fingerprint density at radius 2 is 2.23 bits per heavy atom. The zero-order valence-corrected chi connectivity index (χ0v) is 17.1. The molecule has 0 saturated carbocycles. The van der Waals surface area contributed by atoms with E-state index in [-0.39, 0.29) is 23.4 Å². The first-order valence-electron chi connectivity index (χ1n) is 9.37. The lowest BCUT2D eigenvalue weighted by Crippen LogP contribution is -2.36. The summed E-state index contributed by atoms with van der Waals surface area (Å²) in [5.41, 5.74) is 1.23. The molecule has 3 atom stereocenters. The molecule has 1 saturated heterocycles. The molecule has 2 rings (SSSR count).